The van der Waals surface area contributed by atoms with Crippen molar-refractivity contribution in [2.24, 2.45) is 0 Å². The van der Waals surface area contributed by atoms with E-state index in [4.69, 9.17) is 9.40 Å². The standard InChI is InChI=1S/C23H22N4O2/c28-23(25-17-9-4-5-10-17)19-13-21(16-7-2-1-3-8-16)26-22-20(19)14-24-27(22)15-18-11-6-12-29-18/h1-3,6-8,11-14,17H,4-5,9-10,15H2,(H,25,28). The lowest BCUT2D eigenvalue weighted by Gasteiger charge is -2.13. The first-order valence-electron chi connectivity index (χ1n) is 10.0. The van der Waals surface area contributed by atoms with E-state index in [1.807, 2.05) is 48.5 Å². The van der Waals surface area contributed by atoms with Crippen molar-refractivity contribution in [3.05, 3.63) is 72.3 Å². The van der Waals surface area contributed by atoms with Crippen molar-refractivity contribution in [2.75, 3.05) is 0 Å². The van der Waals surface area contributed by atoms with E-state index in [0.717, 1.165) is 35.2 Å². The molecule has 0 bridgehead atoms. The lowest BCUT2D eigenvalue weighted by Crippen LogP contribution is -2.32. The number of furan rings is 1. The number of nitrogens with zero attached hydrogens (tertiary/aromatic N) is 3. The van der Waals surface area contributed by atoms with Crippen molar-refractivity contribution in [1.29, 1.82) is 0 Å². The summed E-state index contributed by atoms with van der Waals surface area (Å²) >= 11 is 0. The van der Waals surface area contributed by atoms with Crippen molar-refractivity contribution in [3.63, 3.8) is 0 Å². The molecule has 1 aliphatic rings. The van der Waals surface area contributed by atoms with Crippen LogP contribution in [-0.4, -0.2) is 26.7 Å². The van der Waals surface area contributed by atoms with Crippen LogP contribution in [0, 0.1) is 0 Å². The highest BCUT2D eigenvalue weighted by Gasteiger charge is 2.22. The molecule has 0 saturated heterocycles. The zero-order valence-electron chi connectivity index (χ0n) is 16.0. The van der Waals surface area contributed by atoms with Gasteiger partial charge in [-0.25, -0.2) is 9.67 Å². The van der Waals surface area contributed by atoms with Gasteiger partial charge in [0, 0.05) is 11.6 Å². The van der Waals surface area contributed by atoms with Gasteiger partial charge >= 0.3 is 0 Å². The molecule has 0 radical (unpaired) electrons. The van der Waals surface area contributed by atoms with Gasteiger partial charge in [-0.3, -0.25) is 4.79 Å². The monoisotopic (exact) mass is 386 g/mol. The van der Waals surface area contributed by atoms with Crippen LogP contribution in [0.25, 0.3) is 22.3 Å². The largest absolute Gasteiger partial charge is 0.467 e. The smallest absolute Gasteiger partial charge is 0.252 e. The van der Waals surface area contributed by atoms with Crippen molar-refractivity contribution in [3.8, 4) is 11.3 Å². The third-order valence-corrected chi connectivity index (χ3v) is 5.50. The number of hydrogen-bond acceptors (Lipinski definition) is 4. The maximum Gasteiger partial charge on any atom is 0.252 e. The van der Waals surface area contributed by atoms with Gasteiger partial charge in [0.1, 0.15) is 12.3 Å². The molecule has 0 unspecified atom stereocenters. The molecule has 146 valence electrons. The average Bonchev–Trinajstić information content (AvgIpc) is 3.51. The molecule has 6 nitrogen and oxygen atoms in total. The normalized spacial score (nSPS) is 14.5. The minimum Gasteiger partial charge on any atom is -0.467 e. The summed E-state index contributed by atoms with van der Waals surface area (Å²) in [6.45, 7) is 0.464. The molecule has 6 heteroatoms. The molecular weight excluding hydrogens is 364 g/mol. The van der Waals surface area contributed by atoms with Crippen LogP contribution in [0.15, 0.2) is 65.4 Å². The molecule has 1 saturated carbocycles. The van der Waals surface area contributed by atoms with E-state index in [2.05, 4.69) is 10.4 Å². The fourth-order valence-electron chi connectivity index (χ4n) is 3.99. The second-order valence-corrected chi connectivity index (χ2v) is 7.49. The number of hydrogen-bond donors (Lipinski definition) is 1. The van der Waals surface area contributed by atoms with Gasteiger partial charge in [0.2, 0.25) is 0 Å². The summed E-state index contributed by atoms with van der Waals surface area (Å²) in [6.07, 6.45) is 7.81. The van der Waals surface area contributed by atoms with Gasteiger partial charge in [0.15, 0.2) is 5.65 Å². The molecule has 3 aromatic heterocycles. The lowest BCUT2D eigenvalue weighted by atomic mass is 10.1. The van der Waals surface area contributed by atoms with Gasteiger partial charge in [0.05, 0.1) is 29.1 Å². The molecule has 1 fully saturated rings. The van der Waals surface area contributed by atoms with Crippen LogP contribution in [0.1, 0.15) is 41.8 Å². The van der Waals surface area contributed by atoms with Gasteiger partial charge in [0.25, 0.3) is 5.91 Å². The van der Waals surface area contributed by atoms with Crippen molar-refractivity contribution >= 4 is 16.9 Å². The Bertz CT molecular complexity index is 1130. The van der Waals surface area contributed by atoms with E-state index >= 15 is 0 Å². The summed E-state index contributed by atoms with van der Waals surface area (Å²) < 4.78 is 7.25. The van der Waals surface area contributed by atoms with Crippen LogP contribution in [0.2, 0.25) is 0 Å². The Morgan fingerprint density at radius 3 is 2.72 bits per heavy atom. The first kappa shape index (κ1) is 17.7. The van der Waals surface area contributed by atoms with Crippen molar-refractivity contribution in [1.82, 2.24) is 20.1 Å². The van der Waals surface area contributed by atoms with Gasteiger partial charge in [-0.15, -0.1) is 0 Å². The van der Waals surface area contributed by atoms with Gasteiger partial charge in [-0.05, 0) is 31.0 Å². The SMILES string of the molecule is O=C(NC1CCCC1)c1cc(-c2ccccc2)nc2c1cnn2Cc1ccco1. The quantitative estimate of drug-likeness (QED) is 0.551. The summed E-state index contributed by atoms with van der Waals surface area (Å²) in [5.74, 6) is 0.734. The second kappa shape index (κ2) is 7.54. The highest BCUT2D eigenvalue weighted by atomic mass is 16.3. The molecule has 4 aromatic rings. The molecule has 29 heavy (non-hydrogen) atoms. The molecule has 1 aliphatic carbocycles. The predicted octanol–water partition coefficient (Wildman–Crippen LogP) is 4.41. The Balaban J connectivity index is 1.60. The van der Waals surface area contributed by atoms with E-state index in [1.54, 1.807) is 17.1 Å². The first-order chi connectivity index (χ1) is 14.3. The van der Waals surface area contributed by atoms with Crippen LogP contribution in [0.4, 0.5) is 0 Å². The number of aromatic nitrogens is 3. The molecule has 0 atom stereocenters. The van der Waals surface area contributed by atoms with Crippen LogP contribution in [-0.2, 0) is 6.54 Å². The summed E-state index contributed by atoms with van der Waals surface area (Å²) in [5.41, 5.74) is 3.02. The minimum atomic E-state index is -0.0565. The third kappa shape index (κ3) is 3.53. The van der Waals surface area contributed by atoms with Gasteiger partial charge in [-0.2, -0.15) is 5.10 Å². The van der Waals surface area contributed by atoms with E-state index in [-0.39, 0.29) is 11.9 Å². The number of fused-ring (bicyclic) bond motifs is 1. The third-order valence-electron chi connectivity index (χ3n) is 5.50. The maximum absolute atomic E-state index is 13.1. The molecule has 1 amide bonds. The Labute approximate surface area is 168 Å². The highest BCUT2D eigenvalue weighted by Crippen LogP contribution is 2.26. The minimum absolute atomic E-state index is 0.0565. The van der Waals surface area contributed by atoms with Gasteiger partial charge in [-0.1, -0.05) is 43.2 Å². The van der Waals surface area contributed by atoms with Crippen LogP contribution >= 0.6 is 0 Å². The Morgan fingerprint density at radius 2 is 1.97 bits per heavy atom. The molecule has 0 spiro atoms. The predicted molar refractivity (Wildman–Crippen MR) is 110 cm³/mol. The topological polar surface area (TPSA) is 73.0 Å². The number of pyridine rings is 1. The number of carbonyl (C=O) groups is 1. The summed E-state index contributed by atoms with van der Waals surface area (Å²) in [4.78, 5) is 18.0. The summed E-state index contributed by atoms with van der Waals surface area (Å²) in [7, 11) is 0. The van der Waals surface area contributed by atoms with Crippen LogP contribution in [0.5, 0.6) is 0 Å². The maximum atomic E-state index is 13.1. The zero-order chi connectivity index (χ0) is 19.6. The Morgan fingerprint density at radius 1 is 1.14 bits per heavy atom. The number of nitrogens with one attached hydrogen (secondary N) is 1. The second-order valence-electron chi connectivity index (χ2n) is 7.49. The number of amides is 1. The summed E-state index contributed by atoms with van der Waals surface area (Å²) in [5, 5.41) is 8.45. The van der Waals surface area contributed by atoms with Crippen LogP contribution in [0.3, 0.4) is 0 Å². The molecular formula is C23H22N4O2. The lowest BCUT2D eigenvalue weighted by molar-refractivity contribution is 0.0939. The van der Waals surface area contributed by atoms with Crippen LogP contribution < -0.4 is 5.32 Å². The van der Waals surface area contributed by atoms with E-state index < -0.39 is 0 Å². The van der Waals surface area contributed by atoms with Crippen molar-refractivity contribution in [2.45, 2.75) is 38.3 Å². The molecule has 5 rings (SSSR count). The fraction of sp³-hybridized carbons (Fsp3) is 0.261. The Kier molecular flexibility index (Phi) is 4.60. The number of rotatable bonds is 5. The van der Waals surface area contributed by atoms with Gasteiger partial charge < -0.3 is 9.73 Å². The number of benzene rings is 1. The number of carbonyl (C=O) groups excluding carboxylic acids is 1. The zero-order valence-corrected chi connectivity index (χ0v) is 16.0. The molecule has 1 aromatic carbocycles. The Hall–Kier alpha value is -3.41. The highest BCUT2D eigenvalue weighted by molar-refractivity contribution is 6.06. The molecule has 0 aliphatic heterocycles. The van der Waals surface area contributed by atoms with E-state index in [0.29, 0.717) is 17.8 Å². The summed E-state index contributed by atoms with van der Waals surface area (Å²) in [6, 6.07) is 15.8. The van der Waals surface area contributed by atoms with Crippen molar-refractivity contribution < 1.29 is 9.21 Å². The molecule has 1 N–H and O–H groups in total. The fourth-order valence-corrected chi connectivity index (χ4v) is 3.99. The molecule has 3 heterocycles. The first-order valence-corrected chi connectivity index (χ1v) is 10.0. The van der Waals surface area contributed by atoms with E-state index in [9.17, 15) is 4.79 Å². The average molecular weight is 386 g/mol. The van der Waals surface area contributed by atoms with E-state index in [1.165, 1.54) is 12.8 Å².